The second-order valence-corrected chi connectivity index (χ2v) is 6.53. The number of benzene rings is 1. The van der Waals surface area contributed by atoms with Crippen molar-refractivity contribution in [2.75, 3.05) is 7.05 Å². The molecular weight excluding hydrogens is 274 g/mol. The van der Waals surface area contributed by atoms with E-state index in [9.17, 15) is 0 Å². The molecule has 3 rings (SSSR count). The fourth-order valence-electron chi connectivity index (χ4n) is 3.50. The Balaban J connectivity index is 1.67. The van der Waals surface area contributed by atoms with Crippen LogP contribution in [0.5, 0.6) is 0 Å². The van der Waals surface area contributed by atoms with Crippen LogP contribution in [0.4, 0.5) is 0 Å². The molecule has 2 fully saturated rings. The third-order valence-corrected chi connectivity index (χ3v) is 5.39. The average Bonchev–Trinajstić information content (AvgIpc) is 2.95. The van der Waals surface area contributed by atoms with Gasteiger partial charge in [0.2, 0.25) is 0 Å². The molecule has 1 aromatic carbocycles. The summed E-state index contributed by atoms with van der Waals surface area (Å²) in [7, 11) is 2.12. The summed E-state index contributed by atoms with van der Waals surface area (Å²) in [5, 5.41) is 3.54. The monoisotopic (exact) mass is 293 g/mol. The molecule has 0 spiro atoms. The zero-order valence-corrected chi connectivity index (χ0v) is 11.9. The van der Waals surface area contributed by atoms with Crippen molar-refractivity contribution >= 4 is 15.9 Å². The maximum Gasteiger partial charge on any atom is 0.0207 e. The highest BCUT2D eigenvalue weighted by Crippen LogP contribution is 2.55. The predicted octanol–water partition coefficient (Wildman–Crippen LogP) is 3.63. The van der Waals surface area contributed by atoms with Gasteiger partial charge in [-0.2, -0.15) is 0 Å². The van der Waals surface area contributed by atoms with E-state index in [-0.39, 0.29) is 0 Å². The third-order valence-electron chi connectivity index (χ3n) is 4.62. The minimum atomic E-state index is 0.654. The van der Waals surface area contributed by atoms with Gasteiger partial charge in [0.25, 0.3) is 0 Å². The lowest BCUT2D eigenvalue weighted by Crippen LogP contribution is -2.35. The lowest BCUT2D eigenvalue weighted by atomic mass is 9.90. The second-order valence-electron chi connectivity index (χ2n) is 5.68. The molecule has 1 N–H and O–H groups in total. The van der Waals surface area contributed by atoms with E-state index in [1.54, 1.807) is 0 Å². The number of rotatable bonds is 4. The Bertz CT molecular complexity index is 394. The summed E-state index contributed by atoms with van der Waals surface area (Å²) in [5.74, 6) is 3.06. The Morgan fingerprint density at radius 1 is 1.24 bits per heavy atom. The van der Waals surface area contributed by atoms with Crippen LogP contribution in [0.25, 0.3) is 0 Å². The smallest absolute Gasteiger partial charge is 0.0207 e. The number of halogens is 1. The molecule has 3 atom stereocenters. The molecule has 3 unspecified atom stereocenters. The van der Waals surface area contributed by atoms with Gasteiger partial charge in [-0.15, -0.1) is 0 Å². The van der Waals surface area contributed by atoms with Crippen molar-refractivity contribution < 1.29 is 0 Å². The van der Waals surface area contributed by atoms with E-state index in [0.717, 1.165) is 24.2 Å². The van der Waals surface area contributed by atoms with Crippen LogP contribution < -0.4 is 5.32 Å². The normalized spacial score (nSPS) is 32.2. The van der Waals surface area contributed by atoms with Crippen molar-refractivity contribution in [1.29, 1.82) is 0 Å². The van der Waals surface area contributed by atoms with E-state index in [1.807, 2.05) is 0 Å². The molecule has 0 bridgehead atoms. The van der Waals surface area contributed by atoms with Gasteiger partial charge in [-0.05, 0) is 62.1 Å². The Kier molecular flexibility index (Phi) is 3.27. The Hall–Kier alpha value is -0.340. The molecule has 92 valence electrons. The topological polar surface area (TPSA) is 12.0 Å². The van der Waals surface area contributed by atoms with E-state index in [0.29, 0.717) is 6.04 Å². The second kappa shape index (κ2) is 4.74. The molecule has 2 saturated carbocycles. The van der Waals surface area contributed by atoms with Crippen LogP contribution in [0, 0.1) is 17.8 Å². The van der Waals surface area contributed by atoms with Gasteiger partial charge in [0, 0.05) is 10.5 Å². The molecule has 0 aromatic heterocycles. The molecule has 2 aliphatic rings. The first kappa shape index (κ1) is 11.7. The molecule has 2 heteroatoms. The standard InChI is InChI=1S/C15H20BrN/c1-17-15(13-7-11-6-12(11)8-13)9-10-4-2-3-5-14(10)16/h2-5,11-13,15,17H,6-9H2,1H3. The quantitative estimate of drug-likeness (QED) is 0.894. The fourth-order valence-corrected chi connectivity index (χ4v) is 3.94. The van der Waals surface area contributed by atoms with Crippen molar-refractivity contribution in [3.63, 3.8) is 0 Å². The molecule has 0 radical (unpaired) electrons. The molecule has 0 heterocycles. The molecule has 17 heavy (non-hydrogen) atoms. The zero-order valence-electron chi connectivity index (χ0n) is 10.3. The van der Waals surface area contributed by atoms with E-state index in [4.69, 9.17) is 0 Å². The Labute approximate surface area is 112 Å². The van der Waals surface area contributed by atoms with Crippen LogP contribution in [-0.4, -0.2) is 13.1 Å². The first-order chi connectivity index (χ1) is 8.28. The van der Waals surface area contributed by atoms with Gasteiger partial charge in [-0.25, -0.2) is 0 Å². The summed E-state index contributed by atoms with van der Waals surface area (Å²) in [6.45, 7) is 0. The number of nitrogens with one attached hydrogen (secondary N) is 1. The van der Waals surface area contributed by atoms with Gasteiger partial charge in [-0.3, -0.25) is 0 Å². The largest absolute Gasteiger partial charge is 0.316 e. The first-order valence-electron chi connectivity index (χ1n) is 6.68. The Morgan fingerprint density at radius 3 is 2.59 bits per heavy atom. The van der Waals surface area contributed by atoms with Crippen LogP contribution in [0.15, 0.2) is 28.7 Å². The molecule has 0 aliphatic heterocycles. The first-order valence-corrected chi connectivity index (χ1v) is 7.48. The lowest BCUT2D eigenvalue weighted by Gasteiger charge is -2.25. The van der Waals surface area contributed by atoms with E-state index in [2.05, 4.69) is 52.6 Å². The molecule has 1 nitrogen and oxygen atoms in total. The van der Waals surface area contributed by atoms with Crippen molar-refractivity contribution in [2.45, 2.75) is 31.7 Å². The average molecular weight is 294 g/mol. The molecule has 0 amide bonds. The van der Waals surface area contributed by atoms with Crippen LogP contribution >= 0.6 is 15.9 Å². The maximum atomic E-state index is 3.66. The van der Waals surface area contributed by atoms with Gasteiger partial charge >= 0.3 is 0 Å². The van der Waals surface area contributed by atoms with Crippen molar-refractivity contribution in [1.82, 2.24) is 5.32 Å². The molecule has 0 saturated heterocycles. The predicted molar refractivity (Wildman–Crippen MR) is 75.0 cm³/mol. The highest BCUT2D eigenvalue weighted by molar-refractivity contribution is 9.10. The van der Waals surface area contributed by atoms with Crippen molar-refractivity contribution in [3.8, 4) is 0 Å². The van der Waals surface area contributed by atoms with Gasteiger partial charge in [-0.1, -0.05) is 34.1 Å². The van der Waals surface area contributed by atoms with E-state index < -0.39 is 0 Å². The highest BCUT2D eigenvalue weighted by Gasteiger charge is 2.47. The van der Waals surface area contributed by atoms with Crippen LogP contribution in [-0.2, 0) is 6.42 Å². The summed E-state index contributed by atoms with van der Waals surface area (Å²) in [5.41, 5.74) is 1.44. The summed E-state index contributed by atoms with van der Waals surface area (Å²) in [4.78, 5) is 0. The van der Waals surface area contributed by atoms with Gasteiger partial charge in [0.1, 0.15) is 0 Å². The summed E-state index contributed by atoms with van der Waals surface area (Å²) in [6, 6.07) is 9.27. The summed E-state index contributed by atoms with van der Waals surface area (Å²) >= 11 is 3.66. The van der Waals surface area contributed by atoms with Crippen LogP contribution in [0.1, 0.15) is 24.8 Å². The molecule has 1 aromatic rings. The van der Waals surface area contributed by atoms with Crippen LogP contribution in [0.3, 0.4) is 0 Å². The van der Waals surface area contributed by atoms with Gasteiger partial charge in [0.15, 0.2) is 0 Å². The van der Waals surface area contributed by atoms with Crippen molar-refractivity contribution in [2.24, 2.45) is 17.8 Å². The molecule has 2 aliphatic carbocycles. The fraction of sp³-hybridized carbons (Fsp3) is 0.600. The molecular formula is C15H20BrN. The number of likely N-dealkylation sites (N-methyl/N-ethyl adjacent to an activating group) is 1. The number of hydrogen-bond acceptors (Lipinski definition) is 1. The number of fused-ring (bicyclic) bond motifs is 1. The number of hydrogen-bond donors (Lipinski definition) is 1. The van der Waals surface area contributed by atoms with Gasteiger partial charge in [0.05, 0.1) is 0 Å². The highest BCUT2D eigenvalue weighted by atomic mass is 79.9. The minimum absolute atomic E-state index is 0.654. The van der Waals surface area contributed by atoms with Gasteiger partial charge < -0.3 is 5.32 Å². The van der Waals surface area contributed by atoms with E-state index in [1.165, 1.54) is 29.3 Å². The summed E-state index contributed by atoms with van der Waals surface area (Å²) < 4.78 is 1.25. The van der Waals surface area contributed by atoms with Crippen molar-refractivity contribution in [3.05, 3.63) is 34.3 Å². The van der Waals surface area contributed by atoms with E-state index >= 15 is 0 Å². The minimum Gasteiger partial charge on any atom is -0.316 e. The summed E-state index contributed by atoms with van der Waals surface area (Å²) in [6.07, 6.45) is 5.59. The van der Waals surface area contributed by atoms with Crippen LogP contribution in [0.2, 0.25) is 0 Å². The third kappa shape index (κ3) is 2.43. The Morgan fingerprint density at radius 2 is 1.94 bits per heavy atom. The SMILES string of the molecule is CNC(Cc1ccccc1Br)C1CC2CC2C1. The maximum absolute atomic E-state index is 3.66. The lowest BCUT2D eigenvalue weighted by molar-refractivity contribution is 0.349. The zero-order chi connectivity index (χ0) is 11.8.